The maximum absolute atomic E-state index is 11.3. The van der Waals surface area contributed by atoms with Crippen molar-refractivity contribution in [2.45, 2.75) is 25.3 Å². The minimum atomic E-state index is -0.228. The lowest BCUT2D eigenvalue weighted by Crippen LogP contribution is -2.48. The molecule has 1 heterocycles. The van der Waals surface area contributed by atoms with Crippen LogP contribution in [-0.4, -0.2) is 69.6 Å². The van der Waals surface area contributed by atoms with Gasteiger partial charge in [0.1, 0.15) is 5.75 Å². The number of rotatable bonds is 7. The smallest absolute Gasteiger partial charge is 0.217 e. The number of para-hydroxylation sites is 1. The van der Waals surface area contributed by atoms with Gasteiger partial charge in [0.2, 0.25) is 5.91 Å². The molecular formula is C20H34IN5O2. The van der Waals surface area contributed by atoms with Crippen molar-refractivity contribution in [1.82, 2.24) is 15.1 Å². The summed E-state index contributed by atoms with van der Waals surface area (Å²) in [4.78, 5) is 20.1. The molecule has 0 saturated carbocycles. The number of carbonyl (C=O) groups excluding carboxylic acids is 1. The SMILES string of the molecule is CN=C(NCC(c1ccccc1OC)N(C)C)N1CCCC(CC(N)=O)C1.I. The first kappa shape index (κ1) is 24.5. The number of aliphatic imine (C=N–C) groups is 1. The maximum Gasteiger partial charge on any atom is 0.217 e. The number of methoxy groups -OCH3 is 1. The van der Waals surface area contributed by atoms with Crippen molar-refractivity contribution in [3.8, 4) is 5.75 Å². The summed E-state index contributed by atoms with van der Waals surface area (Å²) in [6, 6.07) is 8.23. The van der Waals surface area contributed by atoms with Gasteiger partial charge in [-0.1, -0.05) is 18.2 Å². The lowest BCUT2D eigenvalue weighted by Gasteiger charge is -2.36. The molecule has 1 saturated heterocycles. The molecule has 0 aliphatic carbocycles. The first-order chi connectivity index (χ1) is 13.0. The zero-order valence-electron chi connectivity index (χ0n) is 17.4. The molecule has 8 heteroatoms. The third kappa shape index (κ3) is 6.80. The molecule has 0 bridgehead atoms. The van der Waals surface area contributed by atoms with Crippen LogP contribution in [0.25, 0.3) is 0 Å². The van der Waals surface area contributed by atoms with E-state index in [2.05, 4.69) is 40.3 Å². The minimum Gasteiger partial charge on any atom is -0.496 e. The van der Waals surface area contributed by atoms with Crippen LogP contribution in [0.3, 0.4) is 0 Å². The molecular weight excluding hydrogens is 469 g/mol. The van der Waals surface area contributed by atoms with Crippen LogP contribution in [0.5, 0.6) is 5.75 Å². The number of nitrogens with one attached hydrogen (secondary N) is 1. The Bertz CT molecular complexity index is 653. The molecule has 1 amide bonds. The molecule has 1 aliphatic rings. The number of amides is 1. The number of benzene rings is 1. The second-order valence-corrected chi connectivity index (χ2v) is 7.27. The standard InChI is InChI=1S/C20H33N5O2.HI/c1-22-20(25-11-7-8-15(14-25)12-19(21)26)23-13-17(24(2)3)16-9-5-6-10-18(16)27-4;/h5-6,9-10,15,17H,7-8,11-14H2,1-4H3,(H2,21,26)(H,22,23);1H. The van der Waals surface area contributed by atoms with E-state index in [4.69, 9.17) is 10.5 Å². The lowest BCUT2D eigenvalue weighted by molar-refractivity contribution is -0.119. The first-order valence-electron chi connectivity index (χ1n) is 9.49. The largest absolute Gasteiger partial charge is 0.496 e. The highest BCUT2D eigenvalue weighted by Gasteiger charge is 2.25. The van der Waals surface area contributed by atoms with Gasteiger partial charge in [-0.15, -0.1) is 24.0 Å². The first-order valence-corrected chi connectivity index (χ1v) is 9.49. The molecule has 0 aromatic heterocycles. The van der Waals surface area contributed by atoms with Gasteiger partial charge in [-0.05, 0) is 38.9 Å². The Morgan fingerprint density at radius 1 is 1.43 bits per heavy atom. The quantitative estimate of drug-likeness (QED) is 0.338. The molecule has 0 radical (unpaired) electrons. The molecule has 2 atom stereocenters. The Labute approximate surface area is 185 Å². The predicted octanol–water partition coefficient (Wildman–Crippen LogP) is 2.08. The van der Waals surface area contributed by atoms with Gasteiger partial charge in [-0.2, -0.15) is 0 Å². The Morgan fingerprint density at radius 2 is 2.14 bits per heavy atom. The molecule has 2 unspecified atom stereocenters. The molecule has 3 N–H and O–H groups in total. The van der Waals surface area contributed by atoms with Gasteiger partial charge in [0, 0.05) is 38.7 Å². The molecule has 158 valence electrons. The van der Waals surface area contributed by atoms with Gasteiger partial charge in [0.25, 0.3) is 0 Å². The second-order valence-electron chi connectivity index (χ2n) is 7.27. The van der Waals surface area contributed by atoms with Crippen molar-refractivity contribution in [3.63, 3.8) is 0 Å². The summed E-state index contributed by atoms with van der Waals surface area (Å²) >= 11 is 0. The van der Waals surface area contributed by atoms with Gasteiger partial charge in [0.05, 0.1) is 13.2 Å². The zero-order chi connectivity index (χ0) is 19.8. The number of nitrogens with zero attached hydrogens (tertiary/aromatic N) is 3. The van der Waals surface area contributed by atoms with Crippen molar-refractivity contribution in [2.75, 3.05) is 47.9 Å². The van der Waals surface area contributed by atoms with E-state index in [0.29, 0.717) is 18.9 Å². The van der Waals surface area contributed by atoms with Crippen molar-refractivity contribution in [1.29, 1.82) is 0 Å². The summed E-state index contributed by atoms with van der Waals surface area (Å²) in [5, 5.41) is 3.51. The highest BCUT2D eigenvalue weighted by Crippen LogP contribution is 2.27. The molecule has 0 spiro atoms. The number of hydrogen-bond donors (Lipinski definition) is 2. The Balaban J connectivity index is 0.00000392. The van der Waals surface area contributed by atoms with Gasteiger partial charge in [-0.3, -0.25) is 9.79 Å². The summed E-state index contributed by atoms with van der Waals surface area (Å²) in [5.74, 6) is 1.82. The fourth-order valence-corrected chi connectivity index (χ4v) is 3.74. The number of guanidine groups is 1. The summed E-state index contributed by atoms with van der Waals surface area (Å²) in [5.41, 5.74) is 6.52. The summed E-state index contributed by atoms with van der Waals surface area (Å²) in [6.07, 6.45) is 2.52. The molecule has 1 aromatic rings. The number of piperidine rings is 1. The second kappa shape index (κ2) is 12.1. The number of primary amides is 1. The number of likely N-dealkylation sites (tertiary alicyclic amines) is 1. The molecule has 2 rings (SSSR count). The number of hydrogen-bond acceptors (Lipinski definition) is 4. The van der Waals surface area contributed by atoms with Crippen molar-refractivity contribution in [2.24, 2.45) is 16.6 Å². The summed E-state index contributed by atoms with van der Waals surface area (Å²) in [6.45, 7) is 2.46. The average molecular weight is 503 g/mol. The highest BCUT2D eigenvalue weighted by atomic mass is 127. The van der Waals surface area contributed by atoms with Crippen LogP contribution in [0.1, 0.15) is 30.9 Å². The monoisotopic (exact) mass is 503 g/mol. The van der Waals surface area contributed by atoms with E-state index in [1.807, 2.05) is 18.2 Å². The van der Waals surface area contributed by atoms with Crippen LogP contribution in [0, 0.1) is 5.92 Å². The molecule has 7 nitrogen and oxygen atoms in total. The van der Waals surface area contributed by atoms with E-state index in [9.17, 15) is 4.79 Å². The fourth-order valence-electron chi connectivity index (χ4n) is 3.74. The molecule has 1 fully saturated rings. The van der Waals surface area contributed by atoms with Gasteiger partial charge in [-0.25, -0.2) is 0 Å². The van der Waals surface area contributed by atoms with Crippen LogP contribution in [0.2, 0.25) is 0 Å². The van der Waals surface area contributed by atoms with Crippen LogP contribution < -0.4 is 15.8 Å². The number of carbonyl (C=O) groups is 1. The van der Waals surface area contributed by atoms with E-state index in [0.717, 1.165) is 43.2 Å². The number of nitrogens with two attached hydrogens (primary N) is 1. The highest BCUT2D eigenvalue weighted by molar-refractivity contribution is 14.0. The van der Waals surface area contributed by atoms with E-state index >= 15 is 0 Å². The Hall–Kier alpha value is -1.55. The Morgan fingerprint density at radius 3 is 2.75 bits per heavy atom. The van der Waals surface area contributed by atoms with Crippen LogP contribution in [-0.2, 0) is 4.79 Å². The fraction of sp³-hybridized carbons (Fsp3) is 0.600. The van der Waals surface area contributed by atoms with Crippen molar-refractivity contribution >= 4 is 35.8 Å². The van der Waals surface area contributed by atoms with Crippen molar-refractivity contribution < 1.29 is 9.53 Å². The average Bonchev–Trinajstić information content (AvgIpc) is 2.65. The summed E-state index contributed by atoms with van der Waals surface area (Å²) in [7, 11) is 7.62. The van der Waals surface area contributed by atoms with Crippen molar-refractivity contribution in [3.05, 3.63) is 29.8 Å². The molecule has 1 aromatic carbocycles. The van der Waals surface area contributed by atoms with E-state index in [1.54, 1.807) is 14.2 Å². The zero-order valence-corrected chi connectivity index (χ0v) is 19.7. The summed E-state index contributed by atoms with van der Waals surface area (Å²) < 4.78 is 5.54. The Kier molecular flexibility index (Phi) is 10.6. The van der Waals surface area contributed by atoms with Crippen LogP contribution in [0.15, 0.2) is 29.3 Å². The number of halogens is 1. The van der Waals surface area contributed by atoms with Gasteiger partial charge >= 0.3 is 0 Å². The maximum atomic E-state index is 11.3. The molecule has 28 heavy (non-hydrogen) atoms. The number of ether oxygens (including phenoxy) is 1. The van der Waals surface area contributed by atoms with Gasteiger partial charge < -0.3 is 25.6 Å². The van der Waals surface area contributed by atoms with E-state index in [-0.39, 0.29) is 35.9 Å². The topological polar surface area (TPSA) is 83.2 Å². The minimum absolute atomic E-state index is 0. The van der Waals surface area contributed by atoms with Gasteiger partial charge in [0.15, 0.2) is 5.96 Å². The molecule has 1 aliphatic heterocycles. The lowest BCUT2D eigenvalue weighted by atomic mass is 9.95. The predicted molar refractivity (Wildman–Crippen MR) is 124 cm³/mol. The van der Waals surface area contributed by atoms with Crippen LogP contribution in [0.4, 0.5) is 0 Å². The third-order valence-electron chi connectivity index (χ3n) is 5.09. The number of likely N-dealkylation sites (N-methyl/N-ethyl adjacent to an activating group) is 1. The van der Waals surface area contributed by atoms with E-state index < -0.39 is 0 Å². The van der Waals surface area contributed by atoms with Crippen LogP contribution >= 0.6 is 24.0 Å². The third-order valence-corrected chi connectivity index (χ3v) is 5.09. The normalized spacial score (nSPS) is 18.4. The van der Waals surface area contributed by atoms with E-state index in [1.165, 1.54) is 0 Å².